The van der Waals surface area contributed by atoms with Crippen molar-refractivity contribution in [3.05, 3.63) is 35.1 Å². The molecule has 1 saturated heterocycles. The van der Waals surface area contributed by atoms with Gasteiger partial charge in [-0.3, -0.25) is 4.90 Å². The van der Waals surface area contributed by atoms with Crippen LogP contribution in [0.1, 0.15) is 17.5 Å². The first-order valence-electron chi connectivity index (χ1n) is 6.62. The van der Waals surface area contributed by atoms with Crippen LogP contribution >= 0.6 is 0 Å². The fourth-order valence-corrected chi connectivity index (χ4v) is 2.62. The summed E-state index contributed by atoms with van der Waals surface area (Å²) >= 11 is 0. The van der Waals surface area contributed by atoms with Gasteiger partial charge in [-0.1, -0.05) is 17.3 Å². The summed E-state index contributed by atoms with van der Waals surface area (Å²) in [6.07, 6.45) is 1.06. The number of rotatable bonds is 5. The molecule has 2 rings (SSSR count). The quantitative estimate of drug-likeness (QED) is 0.370. The van der Waals surface area contributed by atoms with E-state index in [2.05, 4.69) is 10.1 Å². The lowest BCUT2D eigenvalue weighted by Gasteiger charge is -2.17. The molecule has 20 heavy (non-hydrogen) atoms. The maximum absolute atomic E-state index is 14.3. The Hall–Kier alpha value is -1.66. The molecule has 1 aromatic rings. The summed E-state index contributed by atoms with van der Waals surface area (Å²) in [6.45, 7) is 3.10. The average molecular weight is 281 g/mol. The lowest BCUT2D eigenvalue weighted by Crippen LogP contribution is -2.23. The Labute approximate surface area is 117 Å². The van der Waals surface area contributed by atoms with Crippen LogP contribution in [0, 0.1) is 11.7 Å². The molecule has 1 fully saturated rings. The van der Waals surface area contributed by atoms with Crippen LogP contribution in [0.25, 0.3) is 0 Å². The number of halogens is 1. The third-order valence-corrected chi connectivity index (χ3v) is 3.63. The third kappa shape index (κ3) is 3.26. The van der Waals surface area contributed by atoms with Gasteiger partial charge < -0.3 is 15.7 Å². The Morgan fingerprint density at radius 1 is 1.60 bits per heavy atom. The van der Waals surface area contributed by atoms with Crippen LogP contribution < -0.4 is 5.73 Å². The molecular weight excluding hydrogens is 261 g/mol. The fraction of sp³-hybridized carbons (Fsp3) is 0.500. The number of nitrogens with zero attached hydrogens (tertiary/aromatic N) is 2. The summed E-state index contributed by atoms with van der Waals surface area (Å²) in [5.41, 5.74) is 6.16. The van der Waals surface area contributed by atoms with Crippen molar-refractivity contribution < 1.29 is 14.3 Å². The number of benzene rings is 1. The molecule has 3 N–H and O–H groups in total. The molecule has 0 aromatic heterocycles. The van der Waals surface area contributed by atoms with Gasteiger partial charge >= 0.3 is 0 Å². The molecule has 0 aliphatic carbocycles. The molecule has 0 saturated carbocycles. The number of likely N-dealkylation sites (tertiary alicyclic amines) is 1. The molecule has 1 aromatic carbocycles. The van der Waals surface area contributed by atoms with Gasteiger partial charge in [-0.15, -0.1) is 0 Å². The van der Waals surface area contributed by atoms with E-state index in [1.807, 2.05) is 0 Å². The number of methoxy groups -OCH3 is 1. The van der Waals surface area contributed by atoms with Gasteiger partial charge in [0.25, 0.3) is 0 Å². The number of hydrogen-bond acceptors (Lipinski definition) is 4. The highest BCUT2D eigenvalue weighted by Crippen LogP contribution is 2.21. The van der Waals surface area contributed by atoms with Crippen LogP contribution in [0.3, 0.4) is 0 Å². The zero-order chi connectivity index (χ0) is 14.5. The zero-order valence-corrected chi connectivity index (χ0v) is 11.6. The molecule has 1 heterocycles. The van der Waals surface area contributed by atoms with Crippen LogP contribution in [-0.2, 0) is 11.3 Å². The predicted octanol–water partition coefficient (Wildman–Crippen LogP) is 1.39. The molecule has 110 valence electrons. The maximum atomic E-state index is 14.3. The smallest absolute Gasteiger partial charge is 0.173 e. The zero-order valence-electron chi connectivity index (χ0n) is 11.6. The van der Waals surface area contributed by atoms with Crippen molar-refractivity contribution in [3.8, 4) is 0 Å². The van der Waals surface area contributed by atoms with Crippen LogP contribution in [0.4, 0.5) is 4.39 Å². The van der Waals surface area contributed by atoms with Gasteiger partial charge in [0.05, 0.1) is 12.2 Å². The molecule has 6 heteroatoms. The second kappa shape index (κ2) is 6.67. The normalized spacial score (nSPS) is 20.5. The van der Waals surface area contributed by atoms with Crippen LogP contribution in [0.5, 0.6) is 0 Å². The summed E-state index contributed by atoms with van der Waals surface area (Å²) in [5, 5.41) is 11.5. The summed E-state index contributed by atoms with van der Waals surface area (Å²) < 4.78 is 19.4. The Morgan fingerprint density at radius 3 is 3.10 bits per heavy atom. The Kier molecular flexibility index (Phi) is 4.92. The Balaban J connectivity index is 2.07. The molecule has 0 radical (unpaired) electrons. The van der Waals surface area contributed by atoms with Gasteiger partial charge in [-0.05, 0) is 24.9 Å². The Bertz CT molecular complexity index is 493. The minimum Gasteiger partial charge on any atom is -0.409 e. The lowest BCUT2D eigenvalue weighted by atomic mass is 10.1. The molecule has 1 atom stereocenters. The number of oxime groups is 1. The highest BCUT2D eigenvalue weighted by molar-refractivity contribution is 5.97. The monoisotopic (exact) mass is 281 g/mol. The van der Waals surface area contributed by atoms with Crippen molar-refractivity contribution in [2.45, 2.75) is 13.0 Å². The summed E-state index contributed by atoms with van der Waals surface area (Å²) in [4.78, 5) is 2.19. The molecule has 5 nitrogen and oxygen atoms in total. The van der Waals surface area contributed by atoms with Crippen LogP contribution in [-0.4, -0.2) is 42.7 Å². The van der Waals surface area contributed by atoms with Crippen molar-refractivity contribution >= 4 is 5.84 Å². The SMILES string of the molecule is COCC1CCN(Cc2cccc(/C(N)=N/O)c2F)C1. The minimum absolute atomic E-state index is 0.137. The van der Waals surface area contributed by atoms with E-state index in [0.717, 1.165) is 26.1 Å². The third-order valence-electron chi connectivity index (χ3n) is 3.63. The van der Waals surface area contributed by atoms with Gasteiger partial charge in [-0.25, -0.2) is 4.39 Å². The summed E-state index contributed by atoms with van der Waals surface area (Å²) in [6, 6.07) is 4.95. The lowest BCUT2D eigenvalue weighted by molar-refractivity contribution is 0.152. The van der Waals surface area contributed by atoms with Crippen molar-refractivity contribution in [2.24, 2.45) is 16.8 Å². The standard InChI is InChI=1S/C14H20FN3O2/c1-20-9-10-5-6-18(7-10)8-11-3-2-4-12(13(11)15)14(16)17-19/h2-4,10,19H,5-9H2,1H3,(H2,16,17). The highest BCUT2D eigenvalue weighted by atomic mass is 19.1. The van der Waals surface area contributed by atoms with E-state index in [1.165, 1.54) is 6.07 Å². The van der Waals surface area contributed by atoms with E-state index in [-0.39, 0.29) is 11.4 Å². The van der Waals surface area contributed by atoms with Gasteiger partial charge in [0.1, 0.15) is 5.82 Å². The molecule has 1 aliphatic rings. The summed E-state index contributed by atoms with van der Waals surface area (Å²) in [7, 11) is 1.70. The first kappa shape index (κ1) is 14.7. The molecule has 0 bridgehead atoms. The van der Waals surface area contributed by atoms with E-state index in [1.54, 1.807) is 19.2 Å². The van der Waals surface area contributed by atoms with Crippen molar-refractivity contribution in [1.82, 2.24) is 4.90 Å². The van der Waals surface area contributed by atoms with Crippen molar-refractivity contribution in [2.75, 3.05) is 26.8 Å². The fourth-order valence-electron chi connectivity index (χ4n) is 2.62. The minimum atomic E-state index is -0.419. The topological polar surface area (TPSA) is 71.1 Å². The highest BCUT2D eigenvalue weighted by Gasteiger charge is 2.23. The van der Waals surface area contributed by atoms with Gasteiger partial charge in [0, 0.05) is 25.8 Å². The van der Waals surface area contributed by atoms with Gasteiger partial charge in [0.15, 0.2) is 5.84 Å². The van der Waals surface area contributed by atoms with Crippen molar-refractivity contribution in [1.29, 1.82) is 0 Å². The second-order valence-electron chi connectivity index (χ2n) is 5.11. The molecule has 0 spiro atoms. The molecule has 0 amide bonds. The Morgan fingerprint density at radius 2 is 2.40 bits per heavy atom. The number of amidine groups is 1. The first-order chi connectivity index (χ1) is 9.65. The van der Waals surface area contributed by atoms with E-state index in [0.29, 0.717) is 18.0 Å². The van der Waals surface area contributed by atoms with Gasteiger partial charge in [-0.2, -0.15) is 0 Å². The van der Waals surface area contributed by atoms with Gasteiger partial charge in [0.2, 0.25) is 0 Å². The maximum Gasteiger partial charge on any atom is 0.173 e. The average Bonchev–Trinajstić information content (AvgIpc) is 2.88. The number of hydrogen-bond donors (Lipinski definition) is 2. The molecular formula is C14H20FN3O2. The number of nitrogens with two attached hydrogens (primary N) is 1. The first-order valence-corrected chi connectivity index (χ1v) is 6.62. The van der Waals surface area contributed by atoms with E-state index in [9.17, 15) is 4.39 Å². The molecule has 1 unspecified atom stereocenters. The largest absolute Gasteiger partial charge is 0.409 e. The van der Waals surface area contributed by atoms with E-state index < -0.39 is 5.82 Å². The van der Waals surface area contributed by atoms with Crippen LogP contribution in [0.15, 0.2) is 23.4 Å². The van der Waals surface area contributed by atoms with Crippen molar-refractivity contribution in [3.63, 3.8) is 0 Å². The molecule has 1 aliphatic heterocycles. The number of ether oxygens (including phenoxy) is 1. The predicted molar refractivity (Wildman–Crippen MR) is 74.2 cm³/mol. The summed E-state index contributed by atoms with van der Waals surface area (Å²) in [5.74, 6) is -0.114. The second-order valence-corrected chi connectivity index (χ2v) is 5.11. The van der Waals surface area contributed by atoms with Crippen LogP contribution in [0.2, 0.25) is 0 Å². The van der Waals surface area contributed by atoms with E-state index in [4.69, 9.17) is 15.7 Å². The van der Waals surface area contributed by atoms with E-state index >= 15 is 0 Å².